The summed E-state index contributed by atoms with van der Waals surface area (Å²) in [5, 5.41) is 2.23. The minimum atomic E-state index is -0.479. The van der Waals surface area contributed by atoms with Crippen molar-refractivity contribution >= 4 is 56.5 Å². The van der Waals surface area contributed by atoms with Crippen LogP contribution >= 0.6 is 27.7 Å². The van der Waals surface area contributed by atoms with Crippen LogP contribution in [0.5, 0.6) is 5.75 Å². The third kappa shape index (κ3) is 5.52. The van der Waals surface area contributed by atoms with Gasteiger partial charge in [-0.25, -0.2) is 0 Å². The summed E-state index contributed by atoms with van der Waals surface area (Å²) in [6.07, 6.45) is 2.67. The number of nitrogens with zero attached hydrogens (tertiary/aromatic N) is 1. The van der Waals surface area contributed by atoms with Gasteiger partial charge in [-0.05, 0) is 76.9 Å². The highest BCUT2D eigenvalue weighted by molar-refractivity contribution is 9.10. The molecule has 0 radical (unpaired) electrons. The Morgan fingerprint density at radius 2 is 1.90 bits per heavy atom. The third-order valence-corrected chi connectivity index (χ3v) is 6.01. The SMILES string of the molecule is CC[C@H](C)Oc1ccc(/C=C2\SC(=O)N(CC(=O)Nc3ccccc3Br)C2=O)cc1. The van der Waals surface area contributed by atoms with Gasteiger partial charge in [-0.15, -0.1) is 0 Å². The van der Waals surface area contributed by atoms with Crippen molar-refractivity contribution in [3.05, 3.63) is 63.5 Å². The number of hydrogen-bond acceptors (Lipinski definition) is 5. The molecule has 1 N–H and O–H groups in total. The molecule has 2 aromatic carbocycles. The zero-order valence-electron chi connectivity index (χ0n) is 16.6. The van der Waals surface area contributed by atoms with E-state index in [-0.39, 0.29) is 17.6 Å². The molecule has 3 rings (SSSR count). The van der Waals surface area contributed by atoms with Gasteiger partial charge in [-0.3, -0.25) is 19.3 Å². The van der Waals surface area contributed by atoms with Crippen molar-refractivity contribution in [2.75, 3.05) is 11.9 Å². The highest BCUT2D eigenvalue weighted by atomic mass is 79.9. The number of ether oxygens (including phenoxy) is 1. The standard InChI is InChI=1S/C22H21BrN2O4S/c1-3-14(2)29-16-10-8-15(9-11-16)12-19-21(27)25(22(28)30-19)13-20(26)24-18-7-5-4-6-17(18)23/h4-12,14H,3,13H2,1-2H3,(H,24,26)/b19-12-/t14-/m0/s1. The molecule has 0 spiro atoms. The molecule has 1 aliphatic heterocycles. The van der Waals surface area contributed by atoms with Crippen LogP contribution in [0, 0.1) is 0 Å². The lowest BCUT2D eigenvalue weighted by Crippen LogP contribution is -2.36. The van der Waals surface area contributed by atoms with Crippen molar-refractivity contribution in [2.24, 2.45) is 0 Å². The number of rotatable bonds is 7. The van der Waals surface area contributed by atoms with Crippen LogP contribution in [0.1, 0.15) is 25.8 Å². The number of carbonyl (C=O) groups excluding carboxylic acids is 3. The second kappa shape index (κ2) is 9.95. The van der Waals surface area contributed by atoms with Gasteiger partial charge in [0.1, 0.15) is 12.3 Å². The van der Waals surface area contributed by atoms with Crippen LogP contribution in [0.4, 0.5) is 10.5 Å². The Morgan fingerprint density at radius 1 is 1.20 bits per heavy atom. The molecule has 0 unspecified atom stereocenters. The second-order valence-electron chi connectivity index (χ2n) is 6.70. The van der Waals surface area contributed by atoms with Gasteiger partial charge in [0.15, 0.2) is 0 Å². The van der Waals surface area contributed by atoms with Crippen LogP contribution in [-0.4, -0.2) is 34.6 Å². The van der Waals surface area contributed by atoms with Gasteiger partial charge in [0.05, 0.1) is 16.7 Å². The summed E-state index contributed by atoms with van der Waals surface area (Å²) in [6.45, 7) is 3.70. The quantitative estimate of drug-likeness (QED) is 0.535. The molecule has 0 aliphatic carbocycles. The Hall–Kier alpha value is -2.58. The summed E-state index contributed by atoms with van der Waals surface area (Å²) >= 11 is 4.17. The highest BCUT2D eigenvalue weighted by Gasteiger charge is 2.36. The third-order valence-electron chi connectivity index (χ3n) is 4.41. The lowest BCUT2D eigenvalue weighted by atomic mass is 10.2. The van der Waals surface area contributed by atoms with Crippen LogP contribution in [-0.2, 0) is 9.59 Å². The van der Waals surface area contributed by atoms with E-state index >= 15 is 0 Å². The molecule has 156 valence electrons. The van der Waals surface area contributed by atoms with E-state index in [1.165, 1.54) is 0 Å². The number of benzene rings is 2. The summed E-state index contributed by atoms with van der Waals surface area (Å²) in [7, 11) is 0. The predicted octanol–water partition coefficient (Wildman–Crippen LogP) is 5.30. The average Bonchev–Trinajstić information content (AvgIpc) is 2.98. The smallest absolute Gasteiger partial charge is 0.294 e. The number of thioether (sulfide) groups is 1. The maximum Gasteiger partial charge on any atom is 0.294 e. The maximum atomic E-state index is 12.6. The first kappa shape index (κ1) is 22.1. The number of para-hydroxylation sites is 1. The van der Waals surface area contributed by atoms with E-state index in [1.807, 2.05) is 44.2 Å². The molecular weight excluding hydrogens is 468 g/mol. The van der Waals surface area contributed by atoms with E-state index in [1.54, 1.807) is 24.3 Å². The first-order valence-corrected chi connectivity index (χ1v) is 11.0. The second-order valence-corrected chi connectivity index (χ2v) is 8.55. The molecular formula is C22H21BrN2O4S. The van der Waals surface area contributed by atoms with E-state index in [4.69, 9.17) is 4.74 Å². The molecule has 1 saturated heterocycles. The maximum absolute atomic E-state index is 12.6. The van der Waals surface area contributed by atoms with Gasteiger partial charge in [0.2, 0.25) is 5.91 Å². The first-order chi connectivity index (χ1) is 14.4. The number of hydrogen-bond donors (Lipinski definition) is 1. The Kier molecular flexibility index (Phi) is 7.33. The van der Waals surface area contributed by atoms with Crippen LogP contribution in [0.25, 0.3) is 6.08 Å². The average molecular weight is 489 g/mol. The molecule has 0 aromatic heterocycles. The summed E-state index contributed by atoms with van der Waals surface area (Å²) in [5.41, 5.74) is 1.35. The lowest BCUT2D eigenvalue weighted by Gasteiger charge is -2.13. The van der Waals surface area contributed by atoms with Gasteiger partial charge in [-0.1, -0.05) is 31.2 Å². The fourth-order valence-corrected chi connectivity index (χ4v) is 3.86. The van der Waals surface area contributed by atoms with Crippen molar-refractivity contribution < 1.29 is 19.1 Å². The van der Waals surface area contributed by atoms with Gasteiger partial charge in [0, 0.05) is 4.47 Å². The first-order valence-electron chi connectivity index (χ1n) is 9.44. The van der Waals surface area contributed by atoms with Crippen LogP contribution in [0.3, 0.4) is 0 Å². The molecule has 30 heavy (non-hydrogen) atoms. The summed E-state index contributed by atoms with van der Waals surface area (Å²) in [4.78, 5) is 38.4. The molecule has 1 aliphatic rings. The fraction of sp³-hybridized carbons (Fsp3) is 0.227. The van der Waals surface area contributed by atoms with Gasteiger partial charge >= 0.3 is 0 Å². The number of carbonyl (C=O) groups is 3. The zero-order chi connectivity index (χ0) is 21.7. The Morgan fingerprint density at radius 3 is 2.57 bits per heavy atom. The summed E-state index contributed by atoms with van der Waals surface area (Å²) < 4.78 is 6.46. The van der Waals surface area contributed by atoms with Crippen LogP contribution in [0.15, 0.2) is 57.9 Å². The van der Waals surface area contributed by atoms with E-state index in [0.717, 1.165) is 34.4 Å². The predicted molar refractivity (Wildman–Crippen MR) is 122 cm³/mol. The van der Waals surface area contributed by atoms with E-state index in [0.29, 0.717) is 10.2 Å². The summed E-state index contributed by atoms with van der Waals surface area (Å²) in [6, 6.07) is 14.4. The molecule has 1 fully saturated rings. The Balaban J connectivity index is 1.65. The Bertz CT molecular complexity index is 991. The van der Waals surface area contributed by atoms with Crippen molar-refractivity contribution in [3.63, 3.8) is 0 Å². The van der Waals surface area contributed by atoms with Crippen molar-refractivity contribution in [1.82, 2.24) is 4.90 Å². The minimum Gasteiger partial charge on any atom is -0.491 e. The molecule has 1 heterocycles. The normalized spacial score (nSPS) is 16.1. The van der Waals surface area contributed by atoms with Crippen molar-refractivity contribution in [2.45, 2.75) is 26.4 Å². The Labute approximate surface area is 187 Å². The molecule has 3 amide bonds. The van der Waals surface area contributed by atoms with Gasteiger partial charge in [-0.2, -0.15) is 0 Å². The molecule has 6 nitrogen and oxygen atoms in total. The molecule has 1 atom stereocenters. The van der Waals surface area contributed by atoms with Crippen molar-refractivity contribution in [3.8, 4) is 5.75 Å². The number of amides is 3. The number of halogens is 1. The van der Waals surface area contributed by atoms with Gasteiger partial charge in [0.25, 0.3) is 11.1 Å². The number of nitrogens with one attached hydrogen (secondary N) is 1. The van der Waals surface area contributed by atoms with Gasteiger partial charge < -0.3 is 10.1 Å². The number of imide groups is 1. The topological polar surface area (TPSA) is 75.7 Å². The molecule has 0 bridgehead atoms. The van der Waals surface area contributed by atoms with Crippen LogP contribution in [0.2, 0.25) is 0 Å². The summed E-state index contributed by atoms with van der Waals surface area (Å²) in [5.74, 6) is -0.178. The highest BCUT2D eigenvalue weighted by Crippen LogP contribution is 2.32. The molecule has 0 saturated carbocycles. The lowest BCUT2D eigenvalue weighted by molar-refractivity contribution is -0.127. The van der Waals surface area contributed by atoms with Crippen molar-refractivity contribution in [1.29, 1.82) is 0 Å². The molecule has 8 heteroatoms. The van der Waals surface area contributed by atoms with E-state index < -0.39 is 17.1 Å². The zero-order valence-corrected chi connectivity index (χ0v) is 19.0. The minimum absolute atomic E-state index is 0.120. The monoisotopic (exact) mass is 488 g/mol. The fourth-order valence-electron chi connectivity index (χ4n) is 2.64. The number of anilines is 1. The van der Waals surface area contributed by atoms with E-state index in [9.17, 15) is 14.4 Å². The van der Waals surface area contributed by atoms with Crippen LogP contribution < -0.4 is 10.1 Å². The van der Waals surface area contributed by atoms with E-state index in [2.05, 4.69) is 21.2 Å². The largest absolute Gasteiger partial charge is 0.491 e. The molecule has 2 aromatic rings.